The normalized spacial score (nSPS) is 20.2. The monoisotopic (exact) mass is 296 g/mol. The highest BCUT2D eigenvalue weighted by molar-refractivity contribution is 7.11. The van der Waals surface area contributed by atoms with Gasteiger partial charge in [0, 0.05) is 32.7 Å². The van der Waals surface area contributed by atoms with Gasteiger partial charge in [-0.25, -0.2) is 0 Å². The van der Waals surface area contributed by atoms with Gasteiger partial charge in [0.1, 0.15) is 10.9 Å². The molecule has 110 valence electrons. The fraction of sp³-hybridized carbons (Fsp3) is 0.615. The molecular formula is C13H20N4O2S. The first-order valence-electron chi connectivity index (χ1n) is 6.69. The van der Waals surface area contributed by atoms with E-state index in [9.17, 15) is 9.59 Å². The van der Waals surface area contributed by atoms with Gasteiger partial charge < -0.3 is 10.2 Å². The van der Waals surface area contributed by atoms with Crippen LogP contribution < -0.4 is 5.32 Å². The molecule has 20 heavy (non-hydrogen) atoms. The Morgan fingerprint density at radius 3 is 2.75 bits per heavy atom. The molecular weight excluding hydrogens is 276 g/mol. The van der Waals surface area contributed by atoms with Gasteiger partial charge in [0.2, 0.25) is 5.91 Å². The minimum Gasteiger partial charge on any atom is -0.357 e. The number of nitrogens with zero attached hydrogens (tertiary/aromatic N) is 3. The lowest BCUT2D eigenvalue weighted by Crippen LogP contribution is -2.61. The summed E-state index contributed by atoms with van der Waals surface area (Å²) in [4.78, 5) is 32.9. The van der Waals surface area contributed by atoms with E-state index >= 15 is 0 Å². The van der Waals surface area contributed by atoms with E-state index in [4.69, 9.17) is 0 Å². The van der Waals surface area contributed by atoms with Gasteiger partial charge in [-0.05, 0) is 13.8 Å². The smallest absolute Gasteiger partial charge is 0.266 e. The Labute approximate surface area is 122 Å². The molecule has 0 unspecified atom stereocenters. The second-order valence-corrected chi connectivity index (χ2v) is 5.97. The number of piperazine rings is 1. The third-order valence-corrected chi connectivity index (χ3v) is 4.36. The van der Waals surface area contributed by atoms with Crippen LogP contribution in [0.15, 0.2) is 11.7 Å². The van der Waals surface area contributed by atoms with E-state index < -0.39 is 6.04 Å². The summed E-state index contributed by atoms with van der Waals surface area (Å²) in [5, 5.41) is 2.65. The number of hydrogen-bond acceptors (Lipinski definition) is 5. The predicted octanol–water partition coefficient (Wildman–Crippen LogP) is 0.424. The lowest BCUT2D eigenvalue weighted by molar-refractivity contribution is -0.127. The van der Waals surface area contributed by atoms with E-state index in [1.165, 1.54) is 11.3 Å². The van der Waals surface area contributed by atoms with Crippen molar-refractivity contribution in [3.05, 3.63) is 16.6 Å². The maximum Gasteiger partial charge on any atom is 0.266 e. The maximum absolute atomic E-state index is 12.5. The minimum atomic E-state index is -0.439. The number of amides is 2. The van der Waals surface area contributed by atoms with Gasteiger partial charge in [-0.2, -0.15) is 0 Å². The summed E-state index contributed by atoms with van der Waals surface area (Å²) in [7, 11) is 1.60. The molecule has 2 rings (SSSR count). The lowest BCUT2D eigenvalue weighted by atomic mass is 10.1. The molecule has 0 aliphatic carbocycles. The van der Waals surface area contributed by atoms with Crippen LogP contribution in [0.1, 0.15) is 23.5 Å². The number of carbonyl (C=O) groups is 2. The van der Waals surface area contributed by atoms with E-state index in [2.05, 4.69) is 29.0 Å². The second-order valence-electron chi connectivity index (χ2n) is 5.08. The number of nitrogens with one attached hydrogen (secondary N) is 1. The Bertz CT molecular complexity index is 475. The highest BCUT2D eigenvalue weighted by Gasteiger charge is 2.36. The Morgan fingerprint density at radius 2 is 2.20 bits per heavy atom. The number of hydrogen-bond donors (Lipinski definition) is 1. The van der Waals surface area contributed by atoms with Gasteiger partial charge in [-0.15, -0.1) is 11.3 Å². The molecule has 1 aromatic rings. The third-order valence-electron chi connectivity index (χ3n) is 3.60. The Morgan fingerprint density at radius 1 is 1.45 bits per heavy atom. The van der Waals surface area contributed by atoms with Crippen LogP contribution >= 0.6 is 11.3 Å². The molecule has 1 aliphatic rings. The fourth-order valence-corrected chi connectivity index (χ4v) is 2.95. The zero-order valence-corrected chi connectivity index (χ0v) is 12.8. The molecule has 1 aliphatic heterocycles. The van der Waals surface area contributed by atoms with Gasteiger partial charge >= 0.3 is 0 Å². The van der Waals surface area contributed by atoms with Crippen molar-refractivity contribution in [2.24, 2.45) is 0 Å². The van der Waals surface area contributed by atoms with Gasteiger partial charge in [0.05, 0.1) is 11.7 Å². The van der Waals surface area contributed by atoms with E-state index in [0.717, 1.165) is 6.54 Å². The summed E-state index contributed by atoms with van der Waals surface area (Å²) in [6, 6.07) is -0.0754. The van der Waals surface area contributed by atoms with Gasteiger partial charge in [-0.3, -0.25) is 19.5 Å². The molecule has 1 N–H and O–H groups in total. The lowest BCUT2D eigenvalue weighted by Gasteiger charge is -2.41. The molecule has 1 fully saturated rings. The average Bonchev–Trinajstić information content (AvgIpc) is 2.99. The molecule has 1 saturated heterocycles. The largest absolute Gasteiger partial charge is 0.357 e. The Kier molecular flexibility index (Phi) is 4.72. The predicted molar refractivity (Wildman–Crippen MR) is 77.7 cm³/mol. The third kappa shape index (κ3) is 2.99. The van der Waals surface area contributed by atoms with Crippen molar-refractivity contribution in [2.45, 2.75) is 25.9 Å². The van der Waals surface area contributed by atoms with Gasteiger partial charge in [-0.1, -0.05) is 0 Å². The molecule has 0 bridgehead atoms. The molecule has 1 atom stereocenters. The maximum atomic E-state index is 12.5. The topological polar surface area (TPSA) is 65.5 Å². The van der Waals surface area contributed by atoms with Crippen LogP contribution in [0.3, 0.4) is 0 Å². The number of carbonyl (C=O) groups excluding carboxylic acids is 2. The highest BCUT2D eigenvalue weighted by Crippen LogP contribution is 2.18. The zero-order valence-electron chi connectivity index (χ0n) is 12.0. The number of likely N-dealkylation sites (N-methyl/N-ethyl adjacent to an activating group) is 1. The summed E-state index contributed by atoms with van der Waals surface area (Å²) in [5.74, 6) is -0.224. The van der Waals surface area contributed by atoms with Crippen molar-refractivity contribution < 1.29 is 9.59 Å². The van der Waals surface area contributed by atoms with Crippen molar-refractivity contribution in [3.63, 3.8) is 0 Å². The summed E-state index contributed by atoms with van der Waals surface area (Å²) >= 11 is 1.31. The van der Waals surface area contributed by atoms with Crippen LogP contribution in [-0.4, -0.2) is 65.4 Å². The van der Waals surface area contributed by atoms with Crippen molar-refractivity contribution in [2.75, 3.05) is 26.7 Å². The highest BCUT2D eigenvalue weighted by atomic mass is 32.1. The van der Waals surface area contributed by atoms with Crippen LogP contribution in [0, 0.1) is 0 Å². The molecule has 1 aromatic heterocycles. The van der Waals surface area contributed by atoms with Crippen LogP contribution in [-0.2, 0) is 4.79 Å². The second kappa shape index (κ2) is 6.32. The molecule has 0 radical (unpaired) electrons. The van der Waals surface area contributed by atoms with Crippen LogP contribution in [0.4, 0.5) is 0 Å². The van der Waals surface area contributed by atoms with Crippen LogP contribution in [0.25, 0.3) is 0 Å². The fourth-order valence-electron chi connectivity index (χ4n) is 2.37. The number of aromatic nitrogens is 1. The van der Waals surface area contributed by atoms with Crippen molar-refractivity contribution in [3.8, 4) is 0 Å². The van der Waals surface area contributed by atoms with E-state index in [-0.39, 0.29) is 11.8 Å². The summed E-state index contributed by atoms with van der Waals surface area (Å²) < 4.78 is 0. The quantitative estimate of drug-likeness (QED) is 0.878. The summed E-state index contributed by atoms with van der Waals surface area (Å²) in [6.07, 6.45) is 1.56. The first-order valence-corrected chi connectivity index (χ1v) is 7.57. The summed E-state index contributed by atoms with van der Waals surface area (Å²) in [6.45, 7) is 6.12. The van der Waals surface area contributed by atoms with Crippen molar-refractivity contribution >= 4 is 23.2 Å². The first kappa shape index (κ1) is 14.9. The molecule has 7 heteroatoms. The Hall–Kier alpha value is -1.47. The van der Waals surface area contributed by atoms with Crippen molar-refractivity contribution in [1.82, 2.24) is 20.1 Å². The number of thiazole rings is 1. The van der Waals surface area contributed by atoms with Crippen molar-refractivity contribution in [1.29, 1.82) is 0 Å². The van der Waals surface area contributed by atoms with Crippen LogP contribution in [0.2, 0.25) is 0 Å². The van der Waals surface area contributed by atoms with Gasteiger partial charge in [0.25, 0.3) is 5.91 Å². The molecule has 0 saturated carbocycles. The summed E-state index contributed by atoms with van der Waals surface area (Å²) in [5.41, 5.74) is 1.63. The van der Waals surface area contributed by atoms with Gasteiger partial charge in [0.15, 0.2) is 0 Å². The molecule has 0 aromatic carbocycles. The first-order chi connectivity index (χ1) is 9.54. The molecule has 6 nitrogen and oxygen atoms in total. The molecule has 2 amide bonds. The van der Waals surface area contributed by atoms with E-state index in [1.54, 1.807) is 23.7 Å². The SMILES string of the molecule is CNC(=O)[C@@H]1CN(C(C)C)CCN1C(=O)c1cncs1. The van der Waals surface area contributed by atoms with Crippen LogP contribution in [0.5, 0.6) is 0 Å². The minimum absolute atomic E-state index is 0.107. The average molecular weight is 296 g/mol. The van der Waals surface area contributed by atoms with E-state index in [0.29, 0.717) is 24.0 Å². The number of rotatable bonds is 3. The standard InChI is InChI=1S/C13H20N4O2S/c1-9(2)16-4-5-17(10(7-16)12(18)14-3)13(19)11-6-15-8-20-11/h6,8-10H,4-5,7H2,1-3H3,(H,14,18)/t10-/m0/s1. The zero-order chi connectivity index (χ0) is 14.7. The Balaban J connectivity index is 2.18. The van der Waals surface area contributed by atoms with E-state index in [1.807, 2.05) is 0 Å². The molecule has 0 spiro atoms. The molecule has 2 heterocycles.